The van der Waals surface area contributed by atoms with Gasteiger partial charge in [0.25, 0.3) is 0 Å². The summed E-state index contributed by atoms with van der Waals surface area (Å²) < 4.78 is 0. The van der Waals surface area contributed by atoms with E-state index in [-0.39, 0.29) is 0 Å². The predicted molar refractivity (Wildman–Crippen MR) is 96.5 cm³/mol. The predicted octanol–water partition coefficient (Wildman–Crippen LogP) is 6.25. The van der Waals surface area contributed by atoms with Crippen LogP contribution >= 0.6 is 0 Å². The Morgan fingerprint density at radius 3 is 1.77 bits per heavy atom. The van der Waals surface area contributed by atoms with E-state index in [0.29, 0.717) is 0 Å². The summed E-state index contributed by atoms with van der Waals surface area (Å²) in [6.07, 6.45) is 0. The van der Waals surface area contributed by atoms with Crippen molar-refractivity contribution >= 4 is 10.8 Å². The van der Waals surface area contributed by atoms with Gasteiger partial charge in [-0.05, 0) is 46.9 Å². The number of benzene rings is 2. The lowest BCUT2D eigenvalue weighted by atomic mass is 9.97. The Morgan fingerprint density at radius 1 is 0.500 bits per heavy atom. The van der Waals surface area contributed by atoms with Crippen molar-refractivity contribution < 1.29 is 0 Å². The largest absolute Gasteiger partial charge is 0.0622 e. The molecule has 0 saturated heterocycles. The van der Waals surface area contributed by atoms with Crippen LogP contribution in [0.3, 0.4) is 0 Å². The highest BCUT2D eigenvalue weighted by molar-refractivity contribution is 5.90. The second-order valence-electron chi connectivity index (χ2n) is 5.54. The van der Waals surface area contributed by atoms with Gasteiger partial charge < -0.3 is 0 Å². The lowest BCUT2D eigenvalue weighted by Crippen LogP contribution is -1.84. The fourth-order valence-electron chi connectivity index (χ4n) is 2.86. The van der Waals surface area contributed by atoms with Crippen molar-refractivity contribution in [3.63, 3.8) is 0 Å². The van der Waals surface area contributed by atoms with Gasteiger partial charge in [-0.3, -0.25) is 0 Å². The van der Waals surface area contributed by atoms with E-state index in [9.17, 15) is 0 Å². The summed E-state index contributed by atoms with van der Waals surface area (Å²) >= 11 is 0. The molecule has 0 aromatic heterocycles. The van der Waals surface area contributed by atoms with E-state index in [1.54, 1.807) is 0 Å². The molecule has 0 aliphatic rings. The van der Waals surface area contributed by atoms with Crippen LogP contribution in [0.2, 0.25) is 0 Å². The molecule has 0 heterocycles. The Labute approximate surface area is 132 Å². The van der Waals surface area contributed by atoms with Gasteiger partial charge in [0.2, 0.25) is 0 Å². The average molecular weight is 284 g/mol. The Morgan fingerprint density at radius 2 is 1.05 bits per heavy atom. The monoisotopic (exact) mass is 284 g/mol. The third-order valence-electron chi connectivity index (χ3n) is 4.08. The van der Waals surface area contributed by atoms with E-state index in [1.807, 2.05) is 0 Å². The van der Waals surface area contributed by atoms with Crippen LogP contribution in [-0.4, -0.2) is 0 Å². The van der Waals surface area contributed by atoms with Crippen LogP contribution in [0.15, 0.2) is 84.9 Å². The molecule has 0 atom stereocenters. The molecule has 0 radical (unpaired) electrons. The van der Waals surface area contributed by atoms with E-state index < -0.39 is 0 Å². The van der Waals surface area contributed by atoms with Crippen LogP contribution in [0.5, 0.6) is 0 Å². The molecule has 22 heavy (non-hydrogen) atoms. The minimum absolute atomic E-state index is 1.25. The first-order valence-electron chi connectivity index (χ1n) is 7.65. The summed E-state index contributed by atoms with van der Waals surface area (Å²) in [6, 6.07) is 29.9. The fourth-order valence-corrected chi connectivity index (χ4v) is 2.86. The fraction of sp³-hybridized carbons (Fsp3) is 0.0909. The lowest BCUT2D eigenvalue weighted by Gasteiger charge is -2.08. The molecule has 0 unspecified atom stereocenters. The lowest BCUT2D eigenvalue weighted by molar-refractivity contribution is 1.49. The molecule has 0 heteroatoms. The molecular formula is C22H20. The summed E-state index contributed by atoms with van der Waals surface area (Å²) in [5, 5.41) is 2.60. The zero-order valence-corrected chi connectivity index (χ0v) is 13.1. The molecule has 3 aromatic rings. The zero-order chi connectivity index (χ0) is 15.4. The van der Waals surface area contributed by atoms with E-state index in [1.165, 1.54) is 33.0 Å². The summed E-state index contributed by atoms with van der Waals surface area (Å²) in [5.74, 6) is 0. The number of hydrogen-bond acceptors (Lipinski definition) is 0. The van der Waals surface area contributed by atoms with E-state index in [2.05, 4.69) is 98.8 Å². The highest BCUT2D eigenvalue weighted by Gasteiger charge is 2.03. The maximum atomic E-state index is 2.21. The molecule has 0 aliphatic heterocycles. The Hall–Kier alpha value is -2.60. The van der Waals surface area contributed by atoms with Gasteiger partial charge >= 0.3 is 0 Å². The molecule has 0 bridgehead atoms. The van der Waals surface area contributed by atoms with Crippen molar-refractivity contribution in [3.8, 4) is 11.1 Å². The molecule has 108 valence electrons. The van der Waals surface area contributed by atoms with Gasteiger partial charge in [0.15, 0.2) is 0 Å². The van der Waals surface area contributed by atoms with Crippen molar-refractivity contribution in [2.24, 2.45) is 0 Å². The number of fused-ring (bicyclic) bond motifs is 1. The Kier molecular flexibility index (Phi) is 4.20. The number of rotatable bonds is 1. The van der Waals surface area contributed by atoms with Gasteiger partial charge in [0, 0.05) is 0 Å². The minimum atomic E-state index is 1.25. The van der Waals surface area contributed by atoms with Gasteiger partial charge in [0.05, 0.1) is 0 Å². The molecule has 3 rings (SSSR count). The van der Waals surface area contributed by atoms with Gasteiger partial charge in [-0.2, -0.15) is 0 Å². The van der Waals surface area contributed by atoms with Crippen LogP contribution in [0.25, 0.3) is 21.9 Å². The first kappa shape index (κ1) is 14.3. The van der Waals surface area contributed by atoms with Crippen LogP contribution in [0, 0.1) is 13.8 Å². The number of hydrogen-bond donors (Lipinski definition) is 0. The SMILES string of the molecule is Cc1cccccc(-c2ccccc2)c(C)c2ccccc12. The molecule has 0 saturated carbocycles. The molecule has 3 aromatic carbocycles. The van der Waals surface area contributed by atoms with Crippen LogP contribution in [-0.2, 0) is 0 Å². The first-order valence-corrected chi connectivity index (χ1v) is 7.65. The van der Waals surface area contributed by atoms with Crippen LogP contribution in [0.1, 0.15) is 11.1 Å². The normalized spacial score (nSPS) is 10.3. The van der Waals surface area contributed by atoms with E-state index >= 15 is 0 Å². The molecule has 0 N–H and O–H groups in total. The topological polar surface area (TPSA) is 0 Å². The van der Waals surface area contributed by atoms with Crippen molar-refractivity contribution in [1.82, 2.24) is 0 Å². The molecule has 0 spiro atoms. The van der Waals surface area contributed by atoms with Gasteiger partial charge in [-0.15, -0.1) is 0 Å². The Balaban J connectivity index is 2.46. The maximum absolute atomic E-state index is 2.21. The number of aryl methyl sites for hydroxylation is 2. The highest BCUT2D eigenvalue weighted by Crippen LogP contribution is 2.27. The third-order valence-corrected chi connectivity index (χ3v) is 4.08. The molecule has 0 amide bonds. The van der Waals surface area contributed by atoms with Gasteiger partial charge in [0.1, 0.15) is 0 Å². The van der Waals surface area contributed by atoms with Crippen molar-refractivity contribution in [2.75, 3.05) is 0 Å². The highest BCUT2D eigenvalue weighted by atomic mass is 14.1. The molecule has 0 fully saturated rings. The average Bonchev–Trinajstić information content (AvgIpc) is 2.57. The first-order chi connectivity index (χ1) is 10.8. The summed E-state index contributed by atoms with van der Waals surface area (Å²) in [7, 11) is 0. The zero-order valence-electron chi connectivity index (χ0n) is 13.1. The van der Waals surface area contributed by atoms with Crippen molar-refractivity contribution in [3.05, 3.63) is 96.1 Å². The smallest absolute Gasteiger partial charge is 0.0146 e. The summed E-state index contributed by atoms with van der Waals surface area (Å²) in [5.41, 5.74) is 5.11. The molecule has 0 aliphatic carbocycles. The van der Waals surface area contributed by atoms with Crippen molar-refractivity contribution in [1.29, 1.82) is 0 Å². The second kappa shape index (κ2) is 6.44. The minimum Gasteiger partial charge on any atom is -0.0622 e. The quantitative estimate of drug-likeness (QED) is 0.495. The van der Waals surface area contributed by atoms with Gasteiger partial charge in [-0.25, -0.2) is 0 Å². The third kappa shape index (κ3) is 2.87. The van der Waals surface area contributed by atoms with Crippen LogP contribution < -0.4 is 0 Å². The standard InChI is InChI=1S/C22H20/c1-17-11-5-3-8-15-21(19-12-6-4-7-13-19)18(2)22-16-10-9-14-20(17)22/h3-16H,1-2H3. The summed E-state index contributed by atoms with van der Waals surface area (Å²) in [6.45, 7) is 4.38. The molecule has 0 nitrogen and oxygen atoms in total. The summed E-state index contributed by atoms with van der Waals surface area (Å²) in [4.78, 5) is 0. The maximum Gasteiger partial charge on any atom is -0.0146 e. The van der Waals surface area contributed by atoms with E-state index in [0.717, 1.165) is 0 Å². The van der Waals surface area contributed by atoms with Crippen molar-refractivity contribution in [2.45, 2.75) is 13.8 Å². The second-order valence-corrected chi connectivity index (χ2v) is 5.54. The van der Waals surface area contributed by atoms with Crippen LogP contribution in [0.4, 0.5) is 0 Å². The molecular weight excluding hydrogens is 264 g/mol. The van der Waals surface area contributed by atoms with E-state index in [4.69, 9.17) is 0 Å². The van der Waals surface area contributed by atoms with Gasteiger partial charge in [-0.1, -0.05) is 84.9 Å². The Bertz CT molecular complexity index is 844.